The number of piperidine rings is 1. The highest BCUT2D eigenvalue weighted by molar-refractivity contribution is 5.90. The lowest BCUT2D eigenvalue weighted by molar-refractivity contribution is -0.160. The van der Waals surface area contributed by atoms with E-state index in [1.165, 1.54) is 4.90 Å². The van der Waals surface area contributed by atoms with Crippen molar-refractivity contribution in [3.8, 4) is 0 Å². The Bertz CT molecular complexity index is 434. The average Bonchev–Trinajstić information content (AvgIpc) is 2.32. The maximum Gasteiger partial charge on any atom is 0.326 e. The number of primary amides is 1. The first-order chi connectivity index (χ1) is 9.58. The minimum Gasteiger partial charge on any atom is -0.480 e. The standard InChI is InChI=1S/C14H25N3O4/c1-8(2)9(16-13(15)21)11(18)17-7-5-6-14(3,4)10(17)12(19)20/h8-10H,5-7H2,1-4H3,(H,19,20)(H3,15,16,21). The minimum absolute atomic E-state index is 0.176. The van der Waals surface area contributed by atoms with E-state index in [4.69, 9.17) is 5.73 Å². The van der Waals surface area contributed by atoms with Crippen LogP contribution in [0.3, 0.4) is 0 Å². The molecule has 3 amide bonds. The third-order valence-electron chi connectivity index (χ3n) is 4.02. The van der Waals surface area contributed by atoms with E-state index < -0.39 is 29.5 Å². The summed E-state index contributed by atoms with van der Waals surface area (Å²) < 4.78 is 0. The van der Waals surface area contributed by atoms with E-state index >= 15 is 0 Å². The van der Waals surface area contributed by atoms with Gasteiger partial charge in [0.2, 0.25) is 5.91 Å². The zero-order valence-electron chi connectivity index (χ0n) is 13.0. The number of carboxylic acid groups (broad SMARTS) is 1. The molecule has 1 aliphatic rings. The zero-order chi connectivity index (χ0) is 16.4. The molecule has 7 heteroatoms. The van der Waals surface area contributed by atoms with Gasteiger partial charge in [0.15, 0.2) is 0 Å². The third kappa shape index (κ3) is 3.86. The molecular weight excluding hydrogens is 274 g/mol. The molecule has 0 saturated carbocycles. The molecule has 0 aromatic carbocycles. The predicted octanol–water partition coefficient (Wildman–Crippen LogP) is 0.781. The first-order valence-corrected chi connectivity index (χ1v) is 7.17. The Morgan fingerprint density at radius 3 is 2.33 bits per heavy atom. The van der Waals surface area contributed by atoms with Crippen LogP contribution in [-0.4, -0.2) is 46.5 Å². The van der Waals surface area contributed by atoms with Gasteiger partial charge in [-0.05, 0) is 24.2 Å². The van der Waals surface area contributed by atoms with Gasteiger partial charge in [-0.25, -0.2) is 9.59 Å². The lowest BCUT2D eigenvalue weighted by Crippen LogP contribution is -2.61. The van der Waals surface area contributed by atoms with Gasteiger partial charge < -0.3 is 21.1 Å². The number of urea groups is 1. The summed E-state index contributed by atoms with van der Waals surface area (Å²) in [5.41, 5.74) is 4.60. The Hall–Kier alpha value is -1.79. The van der Waals surface area contributed by atoms with Crippen LogP contribution in [0.15, 0.2) is 0 Å². The van der Waals surface area contributed by atoms with Crippen LogP contribution >= 0.6 is 0 Å². The summed E-state index contributed by atoms with van der Waals surface area (Å²) in [6.07, 6.45) is 1.48. The molecule has 2 atom stereocenters. The summed E-state index contributed by atoms with van der Waals surface area (Å²) in [6.45, 7) is 7.63. The lowest BCUT2D eigenvalue weighted by Gasteiger charge is -2.45. The number of carbonyl (C=O) groups is 3. The Balaban J connectivity index is 3.06. The second kappa shape index (κ2) is 6.32. The largest absolute Gasteiger partial charge is 0.480 e. The van der Waals surface area contributed by atoms with Crippen molar-refractivity contribution in [1.82, 2.24) is 10.2 Å². The van der Waals surface area contributed by atoms with Gasteiger partial charge in [0.05, 0.1) is 0 Å². The first-order valence-electron chi connectivity index (χ1n) is 7.17. The summed E-state index contributed by atoms with van der Waals surface area (Å²) in [7, 11) is 0. The smallest absolute Gasteiger partial charge is 0.326 e. The van der Waals surface area contributed by atoms with Gasteiger partial charge in [-0.3, -0.25) is 4.79 Å². The molecule has 4 N–H and O–H groups in total. The van der Waals surface area contributed by atoms with Gasteiger partial charge in [-0.1, -0.05) is 27.7 Å². The molecule has 1 fully saturated rings. The number of aliphatic carboxylic acids is 1. The summed E-state index contributed by atoms with van der Waals surface area (Å²) in [5.74, 6) is -1.58. The Morgan fingerprint density at radius 2 is 1.90 bits per heavy atom. The van der Waals surface area contributed by atoms with Crippen LogP contribution in [-0.2, 0) is 9.59 Å². The van der Waals surface area contributed by atoms with Crippen LogP contribution in [0.25, 0.3) is 0 Å². The second-order valence-corrected chi connectivity index (χ2v) is 6.59. The summed E-state index contributed by atoms with van der Waals surface area (Å²) >= 11 is 0. The molecule has 0 bridgehead atoms. The molecule has 7 nitrogen and oxygen atoms in total. The van der Waals surface area contributed by atoms with Crippen LogP contribution < -0.4 is 11.1 Å². The molecule has 2 unspecified atom stereocenters. The van der Waals surface area contributed by atoms with Crippen molar-refractivity contribution < 1.29 is 19.5 Å². The number of carbonyl (C=O) groups excluding carboxylic acids is 2. The monoisotopic (exact) mass is 299 g/mol. The third-order valence-corrected chi connectivity index (χ3v) is 4.02. The van der Waals surface area contributed by atoms with E-state index in [9.17, 15) is 19.5 Å². The fourth-order valence-corrected chi connectivity index (χ4v) is 2.94. The van der Waals surface area contributed by atoms with E-state index in [0.717, 1.165) is 12.8 Å². The van der Waals surface area contributed by atoms with Crippen molar-refractivity contribution in [3.05, 3.63) is 0 Å². The Labute approximate surface area is 124 Å². The number of hydrogen-bond acceptors (Lipinski definition) is 3. The Morgan fingerprint density at radius 1 is 1.33 bits per heavy atom. The van der Waals surface area contributed by atoms with Gasteiger partial charge in [0.1, 0.15) is 12.1 Å². The number of nitrogens with one attached hydrogen (secondary N) is 1. The molecule has 1 aliphatic heterocycles. The molecule has 1 rings (SSSR count). The number of rotatable bonds is 4. The number of nitrogens with two attached hydrogens (primary N) is 1. The van der Waals surface area contributed by atoms with Crippen molar-refractivity contribution >= 4 is 17.9 Å². The van der Waals surface area contributed by atoms with Crippen LogP contribution in [0.5, 0.6) is 0 Å². The van der Waals surface area contributed by atoms with Crippen LogP contribution in [0, 0.1) is 11.3 Å². The van der Waals surface area contributed by atoms with E-state index in [0.29, 0.717) is 6.54 Å². The minimum atomic E-state index is -1.02. The summed E-state index contributed by atoms with van der Waals surface area (Å²) in [4.78, 5) is 36.7. The number of nitrogens with zero attached hydrogens (tertiary/aromatic N) is 1. The molecule has 120 valence electrons. The van der Waals surface area contributed by atoms with E-state index in [1.807, 2.05) is 13.8 Å². The average molecular weight is 299 g/mol. The molecule has 0 aromatic rings. The molecule has 1 saturated heterocycles. The molecule has 1 heterocycles. The number of likely N-dealkylation sites (tertiary alicyclic amines) is 1. The van der Waals surface area contributed by atoms with Crippen molar-refractivity contribution in [2.24, 2.45) is 17.1 Å². The van der Waals surface area contributed by atoms with Crippen LogP contribution in [0.4, 0.5) is 4.79 Å². The van der Waals surface area contributed by atoms with E-state index in [2.05, 4.69) is 5.32 Å². The molecule has 0 aliphatic carbocycles. The second-order valence-electron chi connectivity index (χ2n) is 6.59. The van der Waals surface area contributed by atoms with Gasteiger partial charge in [0, 0.05) is 6.54 Å². The molecule has 0 aromatic heterocycles. The quantitative estimate of drug-likeness (QED) is 0.712. The van der Waals surface area contributed by atoms with Gasteiger partial charge in [0.25, 0.3) is 0 Å². The zero-order valence-corrected chi connectivity index (χ0v) is 13.0. The SMILES string of the molecule is CC(C)C(NC(N)=O)C(=O)N1CCCC(C)(C)C1C(=O)O. The van der Waals surface area contributed by atoms with Gasteiger partial charge in [-0.2, -0.15) is 0 Å². The van der Waals surface area contributed by atoms with E-state index in [-0.39, 0.29) is 11.8 Å². The predicted molar refractivity (Wildman–Crippen MR) is 77.5 cm³/mol. The number of amides is 3. The summed E-state index contributed by atoms with van der Waals surface area (Å²) in [5, 5.41) is 11.9. The fourth-order valence-electron chi connectivity index (χ4n) is 2.94. The van der Waals surface area contributed by atoms with Crippen molar-refractivity contribution in [2.75, 3.05) is 6.54 Å². The van der Waals surface area contributed by atoms with Gasteiger partial charge >= 0.3 is 12.0 Å². The van der Waals surface area contributed by atoms with E-state index in [1.54, 1.807) is 13.8 Å². The fraction of sp³-hybridized carbons (Fsp3) is 0.786. The molecule has 0 spiro atoms. The van der Waals surface area contributed by atoms with Crippen molar-refractivity contribution in [3.63, 3.8) is 0 Å². The summed E-state index contributed by atoms with van der Waals surface area (Å²) in [6, 6.07) is -2.49. The van der Waals surface area contributed by atoms with Gasteiger partial charge in [-0.15, -0.1) is 0 Å². The molecular formula is C14H25N3O4. The normalized spacial score (nSPS) is 22.7. The highest BCUT2D eigenvalue weighted by atomic mass is 16.4. The molecule has 0 radical (unpaired) electrons. The molecule has 21 heavy (non-hydrogen) atoms. The topological polar surface area (TPSA) is 113 Å². The van der Waals surface area contributed by atoms with Crippen LogP contribution in [0.2, 0.25) is 0 Å². The number of hydrogen-bond donors (Lipinski definition) is 3. The number of carboxylic acids is 1. The van der Waals surface area contributed by atoms with Crippen molar-refractivity contribution in [2.45, 2.75) is 52.6 Å². The maximum atomic E-state index is 12.7. The van der Waals surface area contributed by atoms with Crippen LogP contribution in [0.1, 0.15) is 40.5 Å². The lowest BCUT2D eigenvalue weighted by atomic mass is 9.76. The van der Waals surface area contributed by atoms with Crippen molar-refractivity contribution in [1.29, 1.82) is 0 Å². The maximum absolute atomic E-state index is 12.7. The highest BCUT2D eigenvalue weighted by Gasteiger charge is 2.46. The Kier molecular flexibility index (Phi) is 5.20. The first kappa shape index (κ1) is 17.3. The highest BCUT2D eigenvalue weighted by Crippen LogP contribution is 2.35.